The molecule has 8 nitrogen and oxygen atoms in total. The van der Waals surface area contributed by atoms with Crippen molar-refractivity contribution in [2.45, 2.75) is 12.8 Å². The van der Waals surface area contributed by atoms with Gasteiger partial charge in [-0.25, -0.2) is 0 Å². The van der Waals surface area contributed by atoms with E-state index in [-0.39, 0.29) is 0 Å². The minimum Gasteiger partial charge on any atom is -0.491 e. The lowest BCUT2D eigenvalue weighted by atomic mass is 10.2. The van der Waals surface area contributed by atoms with Crippen LogP contribution < -0.4 is 4.74 Å². The Kier molecular flexibility index (Phi) is 5.17. The van der Waals surface area contributed by atoms with Gasteiger partial charge in [-0.15, -0.1) is 0 Å². The van der Waals surface area contributed by atoms with Crippen LogP contribution in [0.25, 0.3) is 11.4 Å². The Morgan fingerprint density at radius 3 is 2.88 bits per heavy atom. The standard InChI is InChI=1S/C16H20N6O2/c1-22(2)9-10-23-14-6-4-3-5-13(14)16-18-15(24-20-16)8-7-12-11-17-21-19-12/h3-6,11H,7-10H2,1-2H3,(H,17,19,21). The molecule has 0 spiro atoms. The van der Waals surface area contributed by atoms with Gasteiger partial charge in [-0.05, 0) is 26.2 Å². The molecule has 0 unspecified atom stereocenters. The normalized spacial score (nSPS) is 11.1. The van der Waals surface area contributed by atoms with Crippen molar-refractivity contribution in [2.75, 3.05) is 27.2 Å². The SMILES string of the molecule is CN(C)CCOc1ccccc1-c1noc(CCc2cn[nH]n2)n1. The smallest absolute Gasteiger partial charge is 0.227 e. The largest absolute Gasteiger partial charge is 0.491 e. The molecule has 0 aliphatic heterocycles. The molecule has 2 heterocycles. The number of para-hydroxylation sites is 1. The summed E-state index contributed by atoms with van der Waals surface area (Å²) in [7, 11) is 4.02. The zero-order valence-electron chi connectivity index (χ0n) is 13.8. The van der Waals surface area contributed by atoms with Gasteiger partial charge in [0.25, 0.3) is 0 Å². The average Bonchev–Trinajstić information content (AvgIpc) is 3.25. The maximum absolute atomic E-state index is 5.84. The minimum atomic E-state index is 0.533. The van der Waals surface area contributed by atoms with E-state index in [4.69, 9.17) is 9.26 Å². The quantitative estimate of drug-likeness (QED) is 0.671. The molecule has 0 saturated carbocycles. The Balaban J connectivity index is 1.68. The molecule has 1 aromatic carbocycles. The number of hydrogen-bond donors (Lipinski definition) is 1. The number of rotatable bonds is 8. The van der Waals surface area contributed by atoms with Crippen molar-refractivity contribution < 1.29 is 9.26 Å². The maximum atomic E-state index is 5.84. The maximum Gasteiger partial charge on any atom is 0.227 e. The molecule has 0 radical (unpaired) electrons. The molecule has 0 saturated heterocycles. The minimum absolute atomic E-state index is 0.533. The number of aryl methyl sites for hydroxylation is 2. The molecular weight excluding hydrogens is 308 g/mol. The van der Waals surface area contributed by atoms with Gasteiger partial charge in [-0.1, -0.05) is 17.3 Å². The van der Waals surface area contributed by atoms with E-state index in [9.17, 15) is 0 Å². The molecule has 2 aromatic heterocycles. The average molecular weight is 328 g/mol. The van der Waals surface area contributed by atoms with Crippen LogP contribution in [-0.4, -0.2) is 57.7 Å². The van der Waals surface area contributed by atoms with Gasteiger partial charge in [0.05, 0.1) is 17.5 Å². The van der Waals surface area contributed by atoms with Gasteiger partial charge in [-0.2, -0.15) is 20.4 Å². The van der Waals surface area contributed by atoms with E-state index in [0.29, 0.717) is 31.2 Å². The van der Waals surface area contributed by atoms with Crippen LogP contribution in [0.4, 0.5) is 0 Å². The van der Waals surface area contributed by atoms with E-state index < -0.39 is 0 Å². The van der Waals surface area contributed by atoms with E-state index in [2.05, 4.69) is 30.5 Å². The first-order valence-electron chi connectivity index (χ1n) is 7.76. The Hall–Kier alpha value is -2.74. The monoisotopic (exact) mass is 328 g/mol. The predicted octanol–water partition coefficient (Wildman–Crippen LogP) is 1.58. The summed E-state index contributed by atoms with van der Waals surface area (Å²) in [4.78, 5) is 6.53. The molecule has 0 atom stereocenters. The van der Waals surface area contributed by atoms with Crippen LogP contribution in [0, 0.1) is 0 Å². The van der Waals surface area contributed by atoms with Crippen molar-refractivity contribution in [1.29, 1.82) is 0 Å². The highest BCUT2D eigenvalue weighted by Gasteiger charge is 2.13. The first-order valence-corrected chi connectivity index (χ1v) is 7.76. The highest BCUT2D eigenvalue weighted by Crippen LogP contribution is 2.27. The van der Waals surface area contributed by atoms with Crippen LogP contribution in [0.2, 0.25) is 0 Å². The van der Waals surface area contributed by atoms with Crippen LogP contribution in [0.3, 0.4) is 0 Å². The summed E-state index contributed by atoms with van der Waals surface area (Å²) < 4.78 is 11.2. The highest BCUT2D eigenvalue weighted by atomic mass is 16.5. The summed E-state index contributed by atoms with van der Waals surface area (Å²) in [6.45, 7) is 1.43. The van der Waals surface area contributed by atoms with Crippen molar-refractivity contribution in [1.82, 2.24) is 30.5 Å². The van der Waals surface area contributed by atoms with Crippen molar-refractivity contribution in [3.8, 4) is 17.1 Å². The predicted molar refractivity (Wildman–Crippen MR) is 87.6 cm³/mol. The van der Waals surface area contributed by atoms with Crippen LogP contribution in [-0.2, 0) is 12.8 Å². The van der Waals surface area contributed by atoms with Gasteiger partial charge >= 0.3 is 0 Å². The lowest BCUT2D eigenvalue weighted by molar-refractivity contribution is 0.262. The third kappa shape index (κ3) is 4.17. The molecule has 8 heteroatoms. The fourth-order valence-corrected chi connectivity index (χ4v) is 2.16. The van der Waals surface area contributed by atoms with E-state index in [1.165, 1.54) is 0 Å². The molecule has 24 heavy (non-hydrogen) atoms. The second-order valence-corrected chi connectivity index (χ2v) is 5.62. The van der Waals surface area contributed by atoms with Crippen LogP contribution in [0.5, 0.6) is 5.75 Å². The fourth-order valence-electron chi connectivity index (χ4n) is 2.16. The molecule has 126 valence electrons. The molecule has 0 bridgehead atoms. The number of H-pyrrole nitrogens is 1. The molecule has 3 aromatic rings. The van der Waals surface area contributed by atoms with Crippen molar-refractivity contribution in [3.05, 3.63) is 42.0 Å². The van der Waals surface area contributed by atoms with Crippen LogP contribution >= 0.6 is 0 Å². The zero-order valence-corrected chi connectivity index (χ0v) is 13.8. The Morgan fingerprint density at radius 1 is 1.21 bits per heavy atom. The van der Waals surface area contributed by atoms with Crippen LogP contribution in [0.15, 0.2) is 35.0 Å². The Bertz CT molecular complexity index is 754. The second kappa shape index (κ2) is 7.69. The number of benzene rings is 1. The summed E-state index contributed by atoms with van der Waals surface area (Å²) in [6.07, 6.45) is 2.99. The number of nitrogens with zero attached hydrogens (tertiary/aromatic N) is 5. The first-order chi connectivity index (χ1) is 11.7. The van der Waals surface area contributed by atoms with Gasteiger partial charge < -0.3 is 14.2 Å². The Labute approximate surface area is 139 Å². The molecule has 1 N–H and O–H groups in total. The number of likely N-dealkylation sites (N-methyl/N-ethyl adjacent to an activating group) is 1. The lowest BCUT2D eigenvalue weighted by Gasteiger charge is -2.12. The molecule has 0 fully saturated rings. The van der Waals surface area contributed by atoms with Crippen LogP contribution in [0.1, 0.15) is 11.6 Å². The summed E-state index contributed by atoms with van der Waals surface area (Å²) in [5.74, 6) is 1.85. The lowest BCUT2D eigenvalue weighted by Crippen LogP contribution is -2.19. The topological polar surface area (TPSA) is 93.0 Å². The molecule has 0 amide bonds. The number of hydrogen-bond acceptors (Lipinski definition) is 7. The number of nitrogens with one attached hydrogen (secondary N) is 1. The van der Waals surface area contributed by atoms with E-state index >= 15 is 0 Å². The van der Waals surface area contributed by atoms with Crippen molar-refractivity contribution in [3.63, 3.8) is 0 Å². The molecular formula is C16H20N6O2. The van der Waals surface area contributed by atoms with Gasteiger partial charge in [0.2, 0.25) is 11.7 Å². The number of aromatic amines is 1. The van der Waals surface area contributed by atoms with Crippen molar-refractivity contribution in [2.24, 2.45) is 0 Å². The van der Waals surface area contributed by atoms with Gasteiger partial charge in [0.1, 0.15) is 12.4 Å². The van der Waals surface area contributed by atoms with Gasteiger partial charge in [-0.3, -0.25) is 0 Å². The van der Waals surface area contributed by atoms with Gasteiger partial charge in [0.15, 0.2) is 0 Å². The molecule has 0 aliphatic carbocycles. The summed E-state index contributed by atoms with van der Waals surface area (Å²) in [6, 6.07) is 7.70. The summed E-state index contributed by atoms with van der Waals surface area (Å²) >= 11 is 0. The van der Waals surface area contributed by atoms with E-state index in [1.807, 2.05) is 38.4 Å². The van der Waals surface area contributed by atoms with E-state index in [1.54, 1.807) is 6.20 Å². The molecule has 3 rings (SSSR count). The highest BCUT2D eigenvalue weighted by molar-refractivity contribution is 5.63. The number of ether oxygens (including phenoxy) is 1. The Morgan fingerprint density at radius 2 is 2.08 bits per heavy atom. The zero-order chi connectivity index (χ0) is 16.8. The third-order valence-corrected chi connectivity index (χ3v) is 3.45. The summed E-state index contributed by atoms with van der Waals surface area (Å²) in [5, 5.41) is 14.4. The molecule has 0 aliphatic rings. The van der Waals surface area contributed by atoms with Gasteiger partial charge in [0, 0.05) is 19.4 Å². The number of aromatic nitrogens is 5. The fraction of sp³-hybridized carbons (Fsp3) is 0.375. The van der Waals surface area contributed by atoms with Crippen molar-refractivity contribution >= 4 is 0 Å². The third-order valence-electron chi connectivity index (χ3n) is 3.45. The summed E-state index contributed by atoms with van der Waals surface area (Å²) in [5.41, 5.74) is 1.69. The van der Waals surface area contributed by atoms with E-state index in [0.717, 1.165) is 23.6 Å². The second-order valence-electron chi connectivity index (χ2n) is 5.62. The first kappa shape index (κ1) is 16.1.